The first-order valence-electron chi connectivity index (χ1n) is 5.06. The molecule has 0 saturated heterocycles. The van der Waals surface area contributed by atoms with E-state index in [9.17, 15) is 13.2 Å². The van der Waals surface area contributed by atoms with Crippen molar-refractivity contribution in [1.82, 2.24) is 9.78 Å². The van der Waals surface area contributed by atoms with E-state index >= 15 is 0 Å². The van der Waals surface area contributed by atoms with Crippen molar-refractivity contribution >= 4 is 11.6 Å². The number of benzene rings is 1. The number of aromatic hydroxyl groups is 1. The SMILES string of the molecule is Cn1nc(-c2ccc(O)cc2F)c(Cl)c1OC(F)F. The third-order valence-corrected chi connectivity index (χ3v) is 2.69. The monoisotopic (exact) mass is 292 g/mol. The van der Waals surface area contributed by atoms with Gasteiger partial charge in [-0.2, -0.15) is 13.9 Å². The number of alkyl halides is 2. The molecule has 0 unspecified atom stereocenters. The fourth-order valence-corrected chi connectivity index (χ4v) is 1.87. The van der Waals surface area contributed by atoms with E-state index in [-0.39, 0.29) is 27.9 Å². The highest BCUT2D eigenvalue weighted by Gasteiger charge is 2.22. The van der Waals surface area contributed by atoms with Crippen molar-refractivity contribution in [2.45, 2.75) is 6.61 Å². The normalized spacial score (nSPS) is 11.1. The Hall–Kier alpha value is -1.89. The lowest BCUT2D eigenvalue weighted by molar-refractivity contribution is -0.0552. The average Bonchev–Trinajstić information content (AvgIpc) is 2.57. The fraction of sp³-hybridized carbons (Fsp3) is 0.182. The van der Waals surface area contributed by atoms with E-state index in [2.05, 4.69) is 9.84 Å². The summed E-state index contributed by atoms with van der Waals surface area (Å²) >= 11 is 5.85. The van der Waals surface area contributed by atoms with Crippen LogP contribution in [0.1, 0.15) is 0 Å². The molecule has 0 aliphatic rings. The largest absolute Gasteiger partial charge is 0.508 e. The Morgan fingerprint density at radius 2 is 2.11 bits per heavy atom. The van der Waals surface area contributed by atoms with E-state index in [4.69, 9.17) is 16.7 Å². The molecule has 0 radical (unpaired) electrons. The van der Waals surface area contributed by atoms with Crippen molar-refractivity contribution in [1.29, 1.82) is 0 Å². The molecule has 0 amide bonds. The van der Waals surface area contributed by atoms with E-state index < -0.39 is 12.4 Å². The van der Waals surface area contributed by atoms with Gasteiger partial charge in [0.2, 0.25) is 5.88 Å². The van der Waals surface area contributed by atoms with Gasteiger partial charge in [-0.05, 0) is 12.1 Å². The molecule has 0 fully saturated rings. The number of hydrogen-bond donors (Lipinski definition) is 1. The number of aromatic nitrogens is 2. The van der Waals surface area contributed by atoms with Crippen molar-refractivity contribution in [2.75, 3.05) is 0 Å². The minimum Gasteiger partial charge on any atom is -0.508 e. The van der Waals surface area contributed by atoms with Crippen LogP contribution >= 0.6 is 11.6 Å². The Bertz CT molecular complexity index is 616. The summed E-state index contributed by atoms with van der Waals surface area (Å²) in [6.07, 6.45) is 0. The maximum Gasteiger partial charge on any atom is 0.388 e. The molecular formula is C11H8ClF3N2O2. The summed E-state index contributed by atoms with van der Waals surface area (Å²) in [5, 5.41) is 12.7. The highest BCUT2D eigenvalue weighted by molar-refractivity contribution is 6.34. The van der Waals surface area contributed by atoms with Gasteiger partial charge >= 0.3 is 6.61 Å². The Balaban J connectivity index is 2.51. The van der Waals surface area contributed by atoms with Crippen LogP contribution in [0.15, 0.2) is 18.2 Å². The molecule has 8 heteroatoms. The van der Waals surface area contributed by atoms with Crippen LogP contribution in [0.4, 0.5) is 13.2 Å². The number of nitrogens with zero attached hydrogens (tertiary/aromatic N) is 2. The standard InChI is InChI=1S/C11H8ClF3N2O2/c1-17-10(19-11(14)15)8(12)9(16-17)6-3-2-5(18)4-7(6)13/h2-4,11,18H,1H3. The average molecular weight is 293 g/mol. The molecule has 4 nitrogen and oxygen atoms in total. The van der Waals surface area contributed by atoms with Gasteiger partial charge in [-0.15, -0.1) is 0 Å². The van der Waals surface area contributed by atoms with Crippen LogP contribution in [0, 0.1) is 5.82 Å². The van der Waals surface area contributed by atoms with Gasteiger partial charge in [0.25, 0.3) is 0 Å². The maximum absolute atomic E-state index is 13.7. The summed E-state index contributed by atoms with van der Waals surface area (Å²) in [4.78, 5) is 0. The third kappa shape index (κ3) is 2.60. The third-order valence-electron chi connectivity index (χ3n) is 2.35. The number of phenols is 1. The quantitative estimate of drug-likeness (QED) is 0.945. The first-order chi connectivity index (χ1) is 8.90. The van der Waals surface area contributed by atoms with Gasteiger partial charge in [0.05, 0.1) is 0 Å². The lowest BCUT2D eigenvalue weighted by atomic mass is 10.1. The van der Waals surface area contributed by atoms with Crippen molar-refractivity contribution in [3.63, 3.8) is 0 Å². The van der Waals surface area contributed by atoms with Crippen LogP contribution in [-0.2, 0) is 7.05 Å². The minimum atomic E-state index is -3.06. The second kappa shape index (κ2) is 5.00. The Morgan fingerprint density at radius 1 is 1.42 bits per heavy atom. The summed E-state index contributed by atoms with van der Waals surface area (Å²) in [6.45, 7) is -3.06. The zero-order chi connectivity index (χ0) is 14.2. The van der Waals surface area contributed by atoms with Crippen LogP contribution in [0.5, 0.6) is 11.6 Å². The van der Waals surface area contributed by atoms with Crippen LogP contribution in [0.25, 0.3) is 11.3 Å². The Labute approximate surface area is 111 Å². The van der Waals surface area contributed by atoms with Gasteiger partial charge in [-0.1, -0.05) is 11.6 Å². The van der Waals surface area contributed by atoms with E-state index in [1.165, 1.54) is 19.2 Å². The molecule has 0 aliphatic heterocycles. The number of phenolic OH excluding ortho intramolecular Hbond substituents is 1. The zero-order valence-corrected chi connectivity index (χ0v) is 10.3. The second-order valence-electron chi connectivity index (χ2n) is 3.63. The lowest BCUT2D eigenvalue weighted by Gasteiger charge is -2.03. The summed E-state index contributed by atoms with van der Waals surface area (Å²) in [5.74, 6) is -1.40. The summed E-state index contributed by atoms with van der Waals surface area (Å²) in [7, 11) is 1.34. The van der Waals surface area contributed by atoms with Gasteiger partial charge < -0.3 is 9.84 Å². The van der Waals surface area contributed by atoms with Gasteiger partial charge in [0.1, 0.15) is 22.3 Å². The molecular weight excluding hydrogens is 285 g/mol. The number of halogens is 4. The first-order valence-corrected chi connectivity index (χ1v) is 5.44. The van der Waals surface area contributed by atoms with Gasteiger partial charge in [0.15, 0.2) is 0 Å². The van der Waals surface area contributed by atoms with Crippen LogP contribution in [-0.4, -0.2) is 21.5 Å². The van der Waals surface area contributed by atoms with Crippen molar-refractivity contribution in [3.8, 4) is 22.9 Å². The van der Waals surface area contributed by atoms with Crippen molar-refractivity contribution in [2.24, 2.45) is 7.05 Å². The first kappa shape index (κ1) is 13.5. The summed E-state index contributed by atoms with van der Waals surface area (Å²) < 4.78 is 43.2. The molecule has 0 atom stereocenters. The number of aryl methyl sites for hydroxylation is 1. The minimum absolute atomic E-state index is 0.0254. The number of rotatable bonds is 3. The Kier molecular flexibility index (Phi) is 3.57. The molecule has 0 saturated carbocycles. The molecule has 0 bridgehead atoms. The van der Waals surface area contributed by atoms with Crippen LogP contribution < -0.4 is 4.74 Å². The maximum atomic E-state index is 13.7. The highest BCUT2D eigenvalue weighted by atomic mass is 35.5. The second-order valence-corrected chi connectivity index (χ2v) is 4.01. The Morgan fingerprint density at radius 3 is 2.68 bits per heavy atom. The summed E-state index contributed by atoms with van der Waals surface area (Å²) in [5.41, 5.74) is -0.0696. The fourth-order valence-electron chi connectivity index (χ4n) is 1.56. The topological polar surface area (TPSA) is 47.3 Å². The number of ether oxygens (including phenoxy) is 1. The molecule has 102 valence electrons. The van der Waals surface area contributed by atoms with E-state index in [1.54, 1.807) is 0 Å². The van der Waals surface area contributed by atoms with Crippen LogP contribution in [0.3, 0.4) is 0 Å². The van der Waals surface area contributed by atoms with Gasteiger partial charge in [-0.25, -0.2) is 9.07 Å². The molecule has 2 aromatic rings. The molecule has 1 heterocycles. The van der Waals surface area contributed by atoms with Crippen LogP contribution in [0.2, 0.25) is 5.02 Å². The highest BCUT2D eigenvalue weighted by Crippen LogP contribution is 2.37. The predicted molar refractivity (Wildman–Crippen MR) is 61.9 cm³/mol. The molecule has 1 N–H and O–H groups in total. The summed E-state index contributed by atoms with van der Waals surface area (Å²) in [6, 6.07) is 3.34. The molecule has 0 aliphatic carbocycles. The van der Waals surface area contributed by atoms with Gasteiger partial charge in [0, 0.05) is 18.7 Å². The molecule has 19 heavy (non-hydrogen) atoms. The van der Waals surface area contributed by atoms with Crippen molar-refractivity contribution in [3.05, 3.63) is 29.0 Å². The number of hydrogen-bond acceptors (Lipinski definition) is 3. The molecule has 0 spiro atoms. The van der Waals surface area contributed by atoms with Gasteiger partial charge in [-0.3, -0.25) is 0 Å². The zero-order valence-electron chi connectivity index (χ0n) is 9.57. The van der Waals surface area contributed by atoms with E-state index in [0.717, 1.165) is 10.7 Å². The van der Waals surface area contributed by atoms with Crippen molar-refractivity contribution < 1.29 is 23.0 Å². The van der Waals surface area contributed by atoms with E-state index in [0.29, 0.717) is 0 Å². The molecule has 1 aromatic heterocycles. The smallest absolute Gasteiger partial charge is 0.388 e. The molecule has 1 aromatic carbocycles. The predicted octanol–water partition coefficient (Wildman–Crippen LogP) is 3.19. The van der Waals surface area contributed by atoms with E-state index in [1.807, 2.05) is 0 Å². The molecule has 2 rings (SSSR count). The lowest BCUT2D eigenvalue weighted by Crippen LogP contribution is -2.06.